The van der Waals surface area contributed by atoms with Crippen molar-refractivity contribution in [1.82, 2.24) is 15.6 Å². The van der Waals surface area contributed by atoms with E-state index in [4.69, 9.17) is 4.74 Å². The quantitative estimate of drug-likeness (QED) is 0.406. The van der Waals surface area contributed by atoms with Crippen LogP contribution in [0, 0.1) is 5.82 Å². The Balaban J connectivity index is 1.97. The van der Waals surface area contributed by atoms with Crippen LogP contribution in [-0.2, 0) is 13.0 Å². The van der Waals surface area contributed by atoms with Gasteiger partial charge in [-0.3, -0.25) is 0 Å². The lowest BCUT2D eigenvalue weighted by Crippen LogP contribution is -2.38. The van der Waals surface area contributed by atoms with Gasteiger partial charge in [0.05, 0.1) is 6.54 Å². The second kappa shape index (κ2) is 10.5. The van der Waals surface area contributed by atoms with Gasteiger partial charge in [0.1, 0.15) is 5.82 Å². The van der Waals surface area contributed by atoms with Crippen LogP contribution < -0.4 is 15.4 Å². The number of ether oxygens (including phenoxy) is 1. The van der Waals surface area contributed by atoms with Crippen molar-refractivity contribution in [2.75, 3.05) is 19.7 Å². The molecule has 0 aliphatic rings. The predicted octanol–water partition coefficient (Wildman–Crippen LogP) is 3.46. The predicted molar refractivity (Wildman–Crippen MR) is 98.7 cm³/mol. The normalized spacial score (nSPS) is 12.0. The maximum absolute atomic E-state index is 13.7. The minimum atomic E-state index is -4.44. The molecule has 1 aromatic carbocycles. The number of nitrogens with zero attached hydrogens (tertiary/aromatic N) is 2. The van der Waals surface area contributed by atoms with Crippen LogP contribution in [0.3, 0.4) is 0 Å². The van der Waals surface area contributed by atoms with Crippen LogP contribution in [0.2, 0.25) is 0 Å². The summed E-state index contributed by atoms with van der Waals surface area (Å²) in [5.41, 5.74) is 1.01. The van der Waals surface area contributed by atoms with Crippen molar-refractivity contribution < 1.29 is 22.3 Å². The van der Waals surface area contributed by atoms with Gasteiger partial charge in [0.25, 0.3) is 0 Å². The molecule has 0 amide bonds. The number of pyridine rings is 1. The SMILES string of the molecule is CCNC(=NCc1cccnc1OCC(F)(F)F)NCCc1ccccc1F. The van der Waals surface area contributed by atoms with Crippen molar-refractivity contribution in [3.05, 3.63) is 59.5 Å². The van der Waals surface area contributed by atoms with E-state index in [-0.39, 0.29) is 18.2 Å². The zero-order chi connectivity index (χ0) is 20.4. The molecule has 0 radical (unpaired) electrons. The summed E-state index contributed by atoms with van der Waals surface area (Å²) in [7, 11) is 0. The Morgan fingerprint density at radius 2 is 1.86 bits per heavy atom. The molecular weight excluding hydrogens is 376 g/mol. The van der Waals surface area contributed by atoms with Crippen LogP contribution in [0.1, 0.15) is 18.1 Å². The fraction of sp³-hybridized carbons (Fsp3) is 0.368. The zero-order valence-electron chi connectivity index (χ0n) is 15.4. The summed E-state index contributed by atoms with van der Waals surface area (Å²) in [5, 5.41) is 6.11. The van der Waals surface area contributed by atoms with Crippen LogP contribution in [0.4, 0.5) is 17.6 Å². The molecule has 2 rings (SSSR count). The number of alkyl halides is 3. The molecule has 0 saturated heterocycles. The van der Waals surface area contributed by atoms with Gasteiger partial charge >= 0.3 is 6.18 Å². The van der Waals surface area contributed by atoms with E-state index >= 15 is 0 Å². The van der Waals surface area contributed by atoms with E-state index in [2.05, 4.69) is 20.6 Å². The Labute approximate surface area is 160 Å². The smallest absolute Gasteiger partial charge is 0.422 e. The van der Waals surface area contributed by atoms with Gasteiger partial charge in [-0.05, 0) is 31.0 Å². The molecule has 0 atom stereocenters. The van der Waals surface area contributed by atoms with E-state index in [0.29, 0.717) is 36.6 Å². The molecule has 28 heavy (non-hydrogen) atoms. The Bertz CT molecular complexity index is 781. The molecule has 5 nitrogen and oxygen atoms in total. The van der Waals surface area contributed by atoms with Gasteiger partial charge in [0.15, 0.2) is 12.6 Å². The Morgan fingerprint density at radius 1 is 1.11 bits per heavy atom. The number of aromatic nitrogens is 1. The van der Waals surface area contributed by atoms with E-state index in [1.54, 1.807) is 30.3 Å². The highest BCUT2D eigenvalue weighted by atomic mass is 19.4. The van der Waals surface area contributed by atoms with Crippen molar-refractivity contribution in [2.24, 2.45) is 4.99 Å². The van der Waals surface area contributed by atoms with Crippen molar-refractivity contribution in [3.8, 4) is 5.88 Å². The number of nitrogens with one attached hydrogen (secondary N) is 2. The fourth-order valence-corrected chi connectivity index (χ4v) is 2.35. The molecule has 1 heterocycles. The lowest BCUT2D eigenvalue weighted by molar-refractivity contribution is -0.154. The van der Waals surface area contributed by atoms with Crippen molar-refractivity contribution in [3.63, 3.8) is 0 Å². The minimum absolute atomic E-state index is 0.0794. The molecular formula is C19H22F4N4O. The van der Waals surface area contributed by atoms with Gasteiger partial charge in [-0.2, -0.15) is 13.2 Å². The first-order valence-corrected chi connectivity index (χ1v) is 8.78. The fourth-order valence-electron chi connectivity index (χ4n) is 2.35. The molecule has 0 spiro atoms. The third-order valence-electron chi connectivity index (χ3n) is 3.62. The zero-order valence-corrected chi connectivity index (χ0v) is 15.4. The molecule has 0 bridgehead atoms. The molecule has 0 fully saturated rings. The molecule has 0 aliphatic heterocycles. The second-order valence-electron chi connectivity index (χ2n) is 5.83. The van der Waals surface area contributed by atoms with Gasteiger partial charge in [-0.25, -0.2) is 14.4 Å². The third-order valence-corrected chi connectivity index (χ3v) is 3.62. The second-order valence-corrected chi connectivity index (χ2v) is 5.83. The number of benzene rings is 1. The van der Waals surface area contributed by atoms with E-state index in [1.807, 2.05) is 6.92 Å². The topological polar surface area (TPSA) is 58.5 Å². The number of hydrogen-bond donors (Lipinski definition) is 2. The lowest BCUT2D eigenvalue weighted by atomic mass is 10.1. The average molecular weight is 398 g/mol. The van der Waals surface area contributed by atoms with Gasteiger partial charge in [-0.1, -0.05) is 24.3 Å². The Hall–Kier alpha value is -2.84. The van der Waals surface area contributed by atoms with Crippen LogP contribution in [0.5, 0.6) is 5.88 Å². The molecule has 2 N–H and O–H groups in total. The standard InChI is InChI=1S/C19H22F4N4O/c1-2-24-18(26-11-9-14-6-3-4-8-16(14)20)27-12-15-7-5-10-25-17(15)28-13-19(21,22)23/h3-8,10H,2,9,11-13H2,1H3,(H2,24,26,27). The highest BCUT2D eigenvalue weighted by molar-refractivity contribution is 5.79. The minimum Gasteiger partial charge on any atom is -0.468 e. The molecule has 2 aromatic rings. The van der Waals surface area contributed by atoms with Gasteiger partial charge in [0, 0.05) is 24.8 Å². The number of hydrogen-bond acceptors (Lipinski definition) is 3. The highest BCUT2D eigenvalue weighted by Gasteiger charge is 2.29. The van der Waals surface area contributed by atoms with Crippen LogP contribution in [0.15, 0.2) is 47.6 Å². The van der Waals surface area contributed by atoms with E-state index in [1.165, 1.54) is 12.3 Å². The number of aliphatic imine (C=N–C) groups is 1. The van der Waals surface area contributed by atoms with E-state index in [9.17, 15) is 17.6 Å². The third kappa shape index (κ3) is 7.42. The van der Waals surface area contributed by atoms with Crippen LogP contribution in [0.25, 0.3) is 0 Å². The van der Waals surface area contributed by atoms with E-state index < -0.39 is 12.8 Å². The first kappa shape index (κ1) is 21.5. The largest absolute Gasteiger partial charge is 0.468 e. The Kier molecular flexibility index (Phi) is 8.03. The Morgan fingerprint density at radius 3 is 2.57 bits per heavy atom. The average Bonchev–Trinajstić information content (AvgIpc) is 2.66. The van der Waals surface area contributed by atoms with Crippen molar-refractivity contribution >= 4 is 5.96 Å². The molecule has 0 aliphatic carbocycles. The van der Waals surface area contributed by atoms with Crippen LogP contribution in [-0.4, -0.2) is 36.8 Å². The molecule has 0 saturated carbocycles. The van der Waals surface area contributed by atoms with Crippen molar-refractivity contribution in [2.45, 2.75) is 26.1 Å². The number of guanidine groups is 1. The summed E-state index contributed by atoms with van der Waals surface area (Å²) in [5.74, 6) is 0.0864. The van der Waals surface area contributed by atoms with Crippen LogP contribution >= 0.6 is 0 Å². The maximum Gasteiger partial charge on any atom is 0.422 e. The molecule has 9 heteroatoms. The number of halogens is 4. The molecule has 0 unspecified atom stereocenters. The monoisotopic (exact) mass is 398 g/mol. The lowest BCUT2D eigenvalue weighted by Gasteiger charge is -2.13. The molecule has 1 aromatic heterocycles. The molecule has 152 valence electrons. The summed E-state index contributed by atoms with van der Waals surface area (Å²) >= 11 is 0. The first-order valence-electron chi connectivity index (χ1n) is 8.78. The van der Waals surface area contributed by atoms with Gasteiger partial charge in [-0.15, -0.1) is 0 Å². The summed E-state index contributed by atoms with van der Waals surface area (Å²) in [4.78, 5) is 8.19. The van der Waals surface area contributed by atoms with Crippen molar-refractivity contribution in [1.29, 1.82) is 0 Å². The first-order chi connectivity index (χ1) is 13.4. The van der Waals surface area contributed by atoms with E-state index in [0.717, 1.165) is 0 Å². The summed E-state index contributed by atoms with van der Waals surface area (Å²) in [6.07, 6.45) is -2.62. The maximum atomic E-state index is 13.7. The summed E-state index contributed by atoms with van der Waals surface area (Å²) < 4.78 is 55.5. The number of rotatable bonds is 8. The van der Waals surface area contributed by atoms with Gasteiger partial charge < -0.3 is 15.4 Å². The van der Waals surface area contributed by atoms with Gasteiger partial charge in [0.2, 0.25) is 5.88 Å². The summed E-state index contributed by atoms with van der Waals surface area (Å²) in [6, 6.07) is 9.71. The highest BCUT2D eigenvalue weighted by Crippen LogP contribution is 2.20. The summed E-state index contributed by atoms with van der Waals surface area (Å²) in [6.45, 7) is 1.58.